The fraction of sp³-hybridized carbons (Fsp3) is 0.680. The Hall–Kier alpha value is -2.28. The lowest BCUT2D eigenvalue weighted by Gasteiger charge is -2.25. The Kier molecular flexibility index (Phi) is 13.5. The molecule has 1 N–H and O–H groups in total. The number of carbonyl (C=O) groups is 4. The molecule has 1 aliphatic heterocycles. The smallest absolute Gasteiger partial charge is 0.338 e. The maximum absolute atomic E-state index is 12.6. The maximum atomic E-state index is 12.6. The Labute approximate surface area is 192 Å². The summed E-state index contributed by atoms with van der Waals surface area (Å²) in [4.78, 5) is 47.7. The highest BCUT2D eigenvalue weighted by atomic mass is 16.6. The molecular formula is C25H39NO6. The first-order valence-electron chi connectivity index (χ1n) is 11.8. The van der Waals surface area contributed by atoms with Gasteiger partial charge in [0.15, 0.2) is 5.78 Å². The molecule has 180 valence electrons. The minimum atomic E-state index is -0.731. The molecule has 0 aromatic rings. The summed E-state index contributed by atoms with van der Waals surface area (Å²) in [5.41, 5.74) is 0. The largest absolute Gasteiger partial charge is 0.390 e. The molecule has 4 atom stereocenters. The Balaban J connectivity index is 2.70. The van der Waals surface area contributed by atoms with Gasteiger partial charge in [0.1, 0.15) is 0 Å². The number of rotatable bonds is 16. The van der Waals surface area contributed by atoms with Gasteiger partial charge in [0, 0.05) is 31.6 Å². The van der Waals surface area contributed by atoms with Crippen LogP contribution in [0.1, 0.15) is 78.6 Å². The van der Waals surface area contributed by atoms with Gasteiger partial charge in [0.2, 0.25) is 5.91 Å². The number of hydrogen-bond donors (Lipinski definition) is 1. The van der Waals surface area contributed by atoms with Crippen LogP contribution in [0.25, 0.3) is 0 Å². The molecule has 0 spiro atoms. The second kappa shape index (κ2) is 15.5. The van der Waals surface area contributed by atoms with Crippen LogP contribution < -0.4 is 5.32 Å². The van der Waals surface area contributed by atoms with Gasteiger partial charge in [-0.1, -0.05) is 33.4 Å². The number of ether oxygens (including phenoxy) is 2. The Morgan fingerprint density at radius 1 is 1.19 bits per heavy atom. The SMILES string of the molecule is C=CC(=O)CCC(CC(CC)OCCC)CC(CC)C(=O)OC(=O)/C=C/C1CCC(=O)N1. The molecule has 1 saturated heterocycles. The zero-order valence-electron chi connectivity index (χ0n) is 19.8. The van der Waals surface area contributed by atoms with Crippen molar-refractivity contribution in [2.75, 3.05) is 6.61 Å². The molecule has 0 aromatic heterocycles. The fourth-order valence-electron chi connectivity index (χ4n) is 3.81. The quantitative estimate of drug-likeness (QED) is 0.217. The van der Waals surface area contributed by atoms with Crippen molar-refractivity contribution in [3.63, 3.8) is 0 Å². The molecule has 0 radical (unpaired) electrons. The summed E-state index contributed by atoms with van der Waals surface area (Å²) in [7, 11) is 0. The first-order valence-corrected chi connectivity index (χ1v) is 11.8. The topological polar surface area (TPSA) is 98.8 Å². The van der Waals surface area contributed by atoms with Crippen molar-refractivity contribution in [1.82, 2.24) is 5.32 Å². The maximum Gasteiger partial charge on any atom is 0.338 e. The van der Waals surface area contributed by atoms with E-state index in [4.69, 9.17) is 9.47 Å². The molecule has 7 heteroatoms. The van der Waals surface area contributed by atoms with Gasteiger partial charge >= 0.3 is 11.9 Å². The van der Waals surface area contributed by atoms with E-state index < -0.39 is 17.9 Å². The molecule has 0 aromatic carbocycles. The van der Waals surface area contributed by atoms with Crippen LogP contribution in [0.5, 0.6) is 0 Å². The zero-order chi connectivity index (χ0) is 23.9. The van der Waals surface area contributed by atoms with Crippen LogP contribution in [0.15, 0.2) is 24.8 Å². The molecule has 1 fully saturated rings. The third-order valence-electron chi connectivity index (χ3n) is 5.77. The third kappa shape index (κ3) is 10.8. The van der Waals surface area contributed by atoms with Crippen molar-refractivity contribution >= 4 is 23.6 Å². The van der Waals surface area contributed by atoms with E-state index in [9.17, 15) is 19.2 Å². The molecule has 7 nitrogen and oxygen atoms in total. The zero-order valence-corrected chi connectivity index (χ0v) is 19.8. The average Bonchev–Trinajstić information content (AvgIpc) is 3.21. The van der Waals surface area contributed by atoms with Gasteiger partial charge in [-0.3, -0.25) is 14.4 Å². The second-order valence-electron chi connectivity index (χ2n) is 8.36. The molecule has 1 rings (SSSR count). The van der Waals surface area contributed by atoms with Gasteiger partial charge in [0.05, 0.1) is 12.0 Å². The monoisotopic (exact) mass is 449 g/mol. The van der Waals surface area contributed by atoms with Gasteiger partial charge in [-0.2, -0.15) is 0 Å². The van der Waals surface area contributed by atoms with E-state index in [-0.39, 0.29) is 29.8 Å². The Morgan fingerprint density at radius 3 is 2.50 bits per heavy atom. The number of ketones is 1. The minimum Gasteiger partial charge on any atom is -0.390 e. The van der Waals surface area contributed by atoms with E-state index in [0.29, 0.717) is 45.1 Å². The van der Waals surface area contributed by atoms with Crippen molar-refractivity contribution in [3.05, 3.63) is 24.8 Å². The summed E-state index contributed by atoms with van der Waals surface area (Å²) >= 11 is 0. The lowest BCUT2D eigenvalue weighted by atomic mass is 9.84. The molecule has 4 unspecified atom stereocenters. The Morgan fingerprint density at radius 2 is 1.94 bits per heavy atom. The van der Waals surface area contributed by atoms with E-state index in [1.54, 1.807) is 6.08 Å². The number of hydrogen-bond acceptors (Lipinski definition) is 6. The number of carbonyl (C=O) groups excluding carboxylic acids is 4. The standard InChI is InChI=1S/C25H39NO6/c1-5-15-31-22(8-4)17-18(9-12-21(27)7-3)16-19(6-2)25(30)32-24(29)14-11-20-10-13-23(28)26-20/h7,11,14,18-20,22H,3,5-6,8-10,12-13,15-17H2,1-2,4H3,(H,26,28)/b14-11+. The third-order valence-corrected chi connectivity index (χ3v) is 5.77. The summed E-state index contributed by atoms with van der Waals surface area (Å²) in [5, 5.41) is 2.72. The lowest BCUT2D eigenvalue weighted by molar-refractivity contribution is -0.160. The number of amides is 1. The van der Waals surface area contributed by atoms with E-state index in [1.807, 2.05) is 6.92 Å². The first kappa shape index (κ1) is 27.8. The summed E-state index contributed by atoms with van der Waals surface area (Å²) < 4.78 is 11.0. The first-order chi connectivity index (χ1) is 15.3. The lowest BCUT2D eigenvalue weighted by Crippen LogP contribution is -2.26. The van der Waals surface area contributed by atoms with E-state index in [0.717, 1.165) is 19.3 Å². The molecule has 0 bridgehead atoms. The minimum absolute atomic E-state index is 0.0209. The second-order valence-corrected chi connectivity index (χ2v) is 8.36. The number of nitrogens with one attached hydrogen (secondary N) is 1. The van der Waals surface area contributed by atoms with Crippen molar-refractivity contribution in [1.29, 1.82) is 0 Å². The van der Waals surface area contributed by atoms with Gasteiger partial charge in [-0.05, 0) is 56.9 Å². The highest BCUT2D eigenvalue weighted by Crippen LogP contribution is 2.27. The van der Waals surface area contributed by atoms with Gasteiger partial charge < -0.3 is 14.8 Å². The van der Waals surface area contributed by atoms with Crippen molar-refractivity contribution in [2.24, 2.45) is 11.8 Å². The summed E-state index contributed by atoms with van der Waals surface area (Å²) in [6.45, 7) is 10.2. The predicted molar refractivity (Wildman–Crippen MR) is 123 cm³/mol. The van der Waals surface area contributed by atoms with Gasteiger partial charge in [-0.25, -0.2) is 4.79 Å². The summed E-state index contributed by atoms with van der Waals surface area (Å²) in [5.74, 6) is -1.70. The average molecular weight is 450 g/mol. The highest BCUT2D eigenvalue weighted by Gasteiger charge is 2.27. The van der Waals surface area contributed by atoms with Crippen LogP contribution in [0.4, 0.5) is 0 Å². The molecule has 32 heavy (non-hydrogen) atoms. The van der Waals surface area contributed by atoms with Crippen LogP contribution in [0, 0.1) is 11.8 Å². The van der Waals surface area contributed by atoms with Crippen LogP contribution in [-0.2, 0) is 28.7 Å². The molecule has 1 amide bonds. The van der Waals surface area contributed by atoms with Gasteiger partial charge in [-0.15, -0.1) is 0 Å². The van der Waals surface area contributed by atoms with Crippen LogP contribution in [-0.4, -0.2) is 42.4 Å². The molecule has 1 heterocycles. The van der Waals surface area contributed by atoms with Gasteiger partial charge in [0.25, 0.3) is 0 Å². The van der Waals surface area contributed by atoms with Crippen molar-refractivity contribution in [2.45, 2.75) is 90.7 Å². The molecule has 0 aliphatic carbocycles. The van der Waals surface area contributed by atoms with Crippen LogP contribution >= 0.6 is 0 Å². The predicted octanol–water partition coefficient (Wildman–Crippen LogP) is 4.05. The normalized spacial score (nSPS) is 18.7. The van der Waals surface area contributed by atoms with E-state index >= 15 is 0 Å². The van der Waals surface area contributed by atoms with Crippen LogP contribution in [0.2, 0.25) is 0 Å². The summed E-state index contributed by atoms with van der Waals surface area (Å²) in [6.07, 6.45) is 9.81. The Bertz CT molecular complexity index is 671. The summed E-state index contributed by atoms with van der Waals surface area (Å²) in [6, 6.07) is -0.201. The fourth-order valence-corrected chi connectivity index (χ4v) is 3.81. The number of allylic oxidation sites excluding steroid dienone is 1. The van der Waals surface area contributed by atoms with E-state index in [1.165, 1.54) is 12.2 Å². The number of esters is 2. The molecule has 1 aliphatic rings. The molecule has 0 saturated carbocycles. The highest BCUT2D eigenvalue weighted by molar-refractivity contribution is 5.93. The molecular weight excluding hydrogens is 410 g/mol. The van der Waals surface area contributed by atoms with Crippen molar-refractivity contribution < 1.29 is 28.7 Å². The van der Waals surface area contributed by atoms with Crippen LogP contribution in [0.3, 0.4) is 0 Å². The van der Waals surface area contributed by atoms with Crippen molar-refractivity contribution in [3.8, 4) is 0 Å². The van der Waals surface area contributed by atoms with E-state index in [2.05, 4.69) is 25.7 Å².